The minimum atomic E-state index is -4.70. The monoisotopic (exact) mass is 457 g/mol. The molecule has 0 aliphatic carbocycles. The molecule has 0 aromatic carbocycles. The van der Waals surface area contributed by atoms with Gasteiger partial charge in [0.1, 0.15) is 24.1 Å². The number of alkyl halides is 1. The summed E-state index contributed by atoms with van der Waals surface area (Å²) in [6, 6.07) is 0. The van der Waals surface area contributed by atoms with Gasteiger partial charge in [0.2, 0.25) is 0 Å². The minimum Gasteiger partial charge on any atom is -0.385 e. The molecule has 162 valence electrons. The standard InChI is InChI=1S/C12H18FN5O9P2/c13-5-7(19)11(18-4-17-6-9(14)15-3-16-10(6)18)26-8(5)12(20)27-29(24,25)2-1-28(21,22)23/h3-5,7-8,11-12,19-20H,1-2H2,(H,24,25)(H2,14,15,16)(H2,21,22,23)/t5-,7+,8-,11+,12?/m0/s1. The number of nitrogens with two attached hydrogens (primary N) is 1. The molecular formula is C12H18FN5O9P2. The Kier molecular flexibility index (Phi) is 6.07. The van der Waals surface area contributed by atoms with Crippen molar-refractivity contribution in [3.8, 4) is 0 Å². The number of imidazole rings is 1. The zero-order chi connectivity index (χ0) is 21.6. The highest BCUT2D eigenvalue weighted by molar-refractivity contribution is 7.56. The molecule has 6 atom stereocenters. The van der Waals surface area contributed by atoms with Crippen molar-refractivity contribution < 1.29 is 47.7 Å². The highest BCUT2D eigenvalue weighted by atomic mass is 31.2. The second-order valence-electron chi connectivity index (χ2n) is 6.25. The number of aliphatic hydroxyl groups excluding tert-OH is 2. The molecule has 1 saturated heterocycles. The van der Waals surface area contributed by atoms with E-state index in [1.807, 2.05) is 0 Å². The Balaban J connectivity index is 1.76. The van der Waals surface area contributed by atoms with E-state index in [4.69, 9.17) is 20.3 Å². The van der Waals surface area contributed by atoms with Gasteiger partial charge in [-0.15, -0.1) is 0 Å². The van der Waals surface area contributed by atoms with Crippen LogP contribution >= 0.6 is 15.2 Å². The quantitative estimate of drug-likeness (QED) is 0.210. The average molecular weight is 457 g/mol. The van der Waals surface area contributed by atoms with Gasteiger partial charge in [0.15, 0.2) is 30.2 Å². The summed E-state index contributed by atoms with van der Waals surface area (Å²) in [4.78, 5) is 38.8. The normalized spacial score (nSPS) is 28.5. The smallest absolute Gasteiger partial charge is 0.331 e. The summed E-state index contributed by atoms with van der Waals surface area (Å²) in [5.74, 6) is 0.0317. The third kappa shape index (κ3) is 4.79. The third-order valence-corrected chi connectivity index (χ3v) is 6.61. The number of ether oxygens (including phenoxy) is 1. The Bertz CT molecular complexity index is 986. The number of hydrogen-bond acceptors (Lipinski definition) is 10. The molecule has 7 N–H and O–H groups in total. The lowest BCUT2D eigenvalue weighted by Gasteiger charge is -2.23. The molecule has 2 aromatic heterocycles. The molecule has 1 aliphatic heterocycles. The molecule has 1 aliphatic rings. The van der Waals surface area contributed by atoms with E-state index in [1.165, 1.54) is 0 Å². The van der Waals surface area contributed by atoms with Crippen LogP contribution in [0.5, 0.6) is 0 Å². The van der Waals surface area contributed by atoms with E-state index < -0.39 is 58.4 Å². The van der Waals surface area contributed by atoms with E-state index in [-0.39, 0.29) is 17.0 Å². The van der Waals surface area contributed by atoms with Crippen molar-refractivity contribution in [3.63, 3.8) is 0 Å². The second kappa shape index (κ2) is 7.95. The number of halogens is 1. The van der Waals surface area contributed by atoms with Gasteiger partial charge in [-0.05, 0) is 0 Å². The first-order chi connectivity index (χ1) is 13.4. The molecule has 17 heteroatoms. The van der Waals surface area contributed by atoms with Crippen LogP contribution in [0.4, 0.5) is 10.2 Å². The van der Waals surface area contributed by atoms with Gasteiger partial charge in [0.05, 0.1) is 18.7 Å². The van der Waals surface area contributed by atoms with E-state index in [9.17, 15) is 28.6 Å². The molecule has 2 aromatic rings. The zero-order valence-electron chi connectivity index (χ0n) is 14.5. The predicted octanol–water partition coefficient (Wildman–Crippen LogP) is -1.30. The van der Waals surface area contributed by atoms with Crippen LogP contribution in [0.25, 0.3) is 11.2 Å². The number of hydrogen-bond donors (Lipinski definition) is 6. The van der Waals surface area contributed by atoms with Crippen LogP contribution in [0.2, 0.25) is 0 Å². The molecule has 2 unspecified atom stereocenters. The third-order valence-electron chi connectivity index (χ3n) is 4.12. The molecule has 0 radical (unpaired) electrons. The summed E-state index contributed by atoms with van der Waals surface area (Å²) in [6.07, 6.45) is -9.40. The van der Waals surface area contributed by atoms with Crippen molar-refractivity contribution in [2.24, 2.45) is 0 Å². The summed E-state index contributed by atoms with van der Waals surface area (Å²) in [5, 5.41) is 20.1. The van der Waals surface area contributed by atoms with Crippen LogP contribution < -0.4 is 5.73 Å². The fourth-order valence-electron chi connectivity index (χ4n) is 2.72. The highest BCUT2D eigenvalue weighted by Gasteiger charge is 2.50. The maximum Gasteiger partial charge on any atom is 0.331 e. The molecule has 1 fully saturated rings. The lowest BCUT2D eigenvalue weighted by Crippen LogP contribution is -2.37. The SMILES string of the molecule is Nc1ncnc2c1ncn2[C@@H]1O[C@H](C(O)OP(=O)(O)CCP(=O)(O)O)[C@@H](F)[C@H]1O. The molecule has 0 bridgehead atoms. The van der Waals surface area contributed by atoms with Crippen molar-refractivity contribution in [1.82, 2.24) is 19.5 Å². The van der Waals surface area contributed by atoms with Crippen LogP contribution in [0.3, 0.4) is 0 Å². The van der Waals surface area contributed by atoms with Gasteiger partial charge in [0.25, 0.3) is 0 Å². The van der Waals surface area contributed by atoms with Gasteiger partial charge in [-0.2, -0.15) is 0 Å². The lowest BCUT2D eigenvalue weighted by atomic mass is 10.1. The predicted molar refractivity (Wildman–Crippen MR) is 93.2 cm³/mol. The first-order valence-corrected chi connectivity index (χ1v) is 11.6. The van der Waals surface area contributed by atoms with Gasteiger partial charge in [-0.25, -0.2) is 19.3 Å². The number of rotatable bonds is 7. The Hall–Kier alpha value is -1.54. The second-order valence-corrected chi connectivity index (χ2v) is 9.96. The van der Waals surface area contributed by atoms with E-state index in [1.54, 1.807) is 0 Å². The molecular weight excluding hydrogens is 439 g/mol. The van der Waals surface area contributed by atoms with Crippen LogP contribution in [0.1, 0.15) is 6.23 Å². The summed E-state index contributed by atoms with van der Waals surface area (Å²) in [6.45, 7) is 0. The molecule has 3 rings (SSSR count). The van der Waals surface area contributed by atoms with Gasteiger partial charge in [0, 0.05) is 0 Å². The van der Waals surface area contributed by atoms with Crippen LogP contribution in [-0.4, -0.2) is 81.4 Å². The summed E-state index contributed by atoms with van der Waals surface area (Å²) in [7, 11) is -9.29. The Labute approximate surface area is 161 Å². The molecule has 0 saturated carbocycles. The first-order valence-electron chi connectivity index (χ1n) is 8.03. The van der Waals surface area contributed by atoms with Crippen molar-refractivity contribution in [3.05, 3.63) is 12.7 Å². The van der Waals surface area contributed by atoms with Gasteiger partial charge in [-0.3, -0.25) is 18.2 Å². The van der Waals surface area contributed by atoms with Crippen molar-refractivity contribution in [2.45, 2.75) is 30.9 Å². The number of aliphatic hydroxyl groups is 2. The fourth-order valence-corrected chi connectivity index (χ4v) is 5.33. The molecule has 14 nitrogen and oxygen atoms in total. The summed E-state index contributed by atoms with van der Waals surface area (Å²) < 4.78 is 48.1. The van der Waals surface area contributed by atoms with Crippen LogP contribution in [0, 0.1) is 0 Å². The largest absolute Gasteiger partial charge is 0.385 e. The number of fused-ring (bicyclic) bond motifs is 1. The average Bonchev–Trinajstić information content (AvgIpc) is 3.16. The van der Waals surface area contributed by atoms with Crippen molar-refractivity contribution >= 4 is 32.2 Å². The van der Waals surface area contributed by atoms with E-state index >= 15 is 0 Å². The van der Waals surface area contributed by atoms with Gasteiger partial charge < -0.3 is 35.4 Å². The van der Waals surface area contributed by atoms with E-state index in [0.29, 0.717) is 0 Å². The van der Waals surface area contributed by atoms with Crippen molar-refractivity contribution in [2.75, 3.05) is 18.1 Å². The first kappa shape index (κ1) is 22.2. The number of nitrogen functional groups attached to an aromatic ring is 1. The summed E-state index contributed by atoms with van der Waals surface area (Å²) >= 11 is 0. The Morgan fingerprint density at radius 3 is 2.62 bits per heavy atom. The highest BCUT2D eigenvalue weighted by Crippen LogP contribution is 2.49. The fraction of sp³-hybridized carbons (Fsp3) is 0.583. The van der Waals surface area contributed by atoms with Crippen LogP contribution in [0.15, 0.2) is 12.7 Å². The van der Waals surface area contributed by atoms with E-state index in [2.05, 4.69) is 19.5 Å². The Morgan fingerprint density at radius 2 is 1.97 bits per heavy atom. The zero-order valence-corrected chi connectivity index (χ0v) is 16.3. The lowest BCUT2D eigenvalue weighted by molar-refractivity contribution is -0.150. The summed E-state index contributed by atoms with van der Waals surface area (Å²) in [5.41, 5.74) is 5.93. The number of nitrogens with zero attached hydrogens (tertiary/aromatic N) is 4. The van der Waals surface area contributed by atoms with Crippen LogP contribution in [-0.2, 0) is 18.4 Å². The maximum atomic E-state index is 14.5. The van der Waals surface area contributed by atoms with Gasteiger partial charge >= 0.3 is 15.2 Å². The molecule has 3 heterocycles. The topological polar surface area (TPSA) is 223 Å². The Morgan fingerprint density at radius 1 is 1.28 bits per heavy atom. The molecule has 0 amide bonds. The minimum absolute atomic E-state index is 0.0317. The van der Waals surface area contributed by atoms with E-state index in [0.717, 1.165) is 17.2 Å². The number of aromatic nitrogens is 4. The number of anilines is 1. The molecule has 0 spiro atoms. The molecule has 29 heavy (non-hydrogen) atoms. The van der Waals surface area contributed by atoms with Crippen molar-refractivity contribution in [1.29, 1.82) is 0 Å². The maximum absolute atomic E-state index is 14.5. The van der Waals surface area contributed by atoms with Gasteiger partial charge in [-0.1, -0.05) is 0 Å².